The van der Waals surface area contributed by atoms with E-state index in [2.05, 4.69) is 9.88 Å². The van der Waals surface area contributed by atoms with Crippen LogP contribution in [0.5, 0.6) is 11.5 Å². The maximum Gasteiger partial charge on any atom is 0.226 e. The summed E-state index contributed by atoms with van der Waals surface area (Å²) in [4.78, 5) is 22.1. The minimum atomic E-state index is -0.240. The van der Waals surface area contributed by atoms with Gasteiger partial charge in [0.15, 0.2) is 16.6 Å². The highest BCUT2D eigenvalue weighted by atomic mass is 32.1. The van der Waals surface area contributed by atoms with E-state index in [1.165, 1.54) is 29.0 Å². The summed E-state index contributed by atoms with van der Waals surface area (Å²) >= 11 is 1.51. The Hall–Kier alpha value is -2.87. The van der Waals surface area contributed by atoms with E-state index >= 15 is 0 Å². The van der Waals surface area contributed by atoms with Gasteiger partial charge in [-0.3, -0.25) is 4.79 Å². The molecule has 0 bridgehead atoms. The van der Waals surface area contributed by atoms with Crippen molar-refractivity contribution in [3.63, 3.8) is 0 Å². The molecule has 0 aliphatic carbocycles. The molecule has 5 rings (SSSR count). The molecular formula is C24H26FN3O3S. The number of nitrogens with zero attached hydrogens (tertiary/aromatic N) is 3. The second-order valence-electron chi connectivity index (χ2n) is 8.36. The van der Waals surface area contributed by atoms with Gasteiger partial charge in [0.05, 0.1) is 24.4 Å². The van der Waals surface area contributed by atoms with Gasteiger partial charge in [0.25, 0.3) is 0 Å². The molecule has 0 saturated carbocycles. The first-order chi connectivity index (χ1) is 15.6. The average molecular weight is 456 g/mol. The van der Waals surface area contributed by atoms with E-state index in [1.54, 1.807) is 20.3 Å². The van der Waals surface area contributed by atoms with Gasteiger partial charge in [-0.1, -0.05) is 11.3 Å². The van der Waals surface area contributed by atoms with E-state index in [1.807, 2.05) is 17.0 Å². The maximum atomic E-state index is 13.5. The minimum Gasteiger partial charge on any atom is -0.493 e. The molecule has 1 fully saturated rings. The summed E-state index contributed by atoms with van der Waals surface area (Å²) in [5, 5.41) is 0.907. The van der Waals surface area contributed by atoms with E-state index < -0.39 is 0 Å². The van der Waals surface area contributed by atoms with E-state index in [-0.39, 0.29) is 17.6 Å². The van der Waals surface area contributed by atoms with Gasteiger partial charge in [-0.2, -0.15) is 0 Å². The molecule has 0 spiro atoms. The topological polar surface area (TPSA) is 54.9 Å². The van der Waals surface area contributed by atoms with Crippen LogP contribution in [0, 0.1) is 11.7 Å². The zero-order valence-electron chi connectivity index (χ0n) is 18.3. The molecule has 0 unspecified atom stereocenters. The number of carbonyl (C=O) groups excluding carboxylic acids is 1. The van der Waals surface area contributed by atoms with Crippen molar-refractivity contribution >= 4 is 32.6 Å². The molecule has 3 heterocycles. The van der Waals surface area contributed by atoms with Gasteiger partial charge in [0.2, 0.25) is 5.91 Å². The highest BCUT2D eigenvalue weighted by Crippen LogP contribution is 2.35. The van der Waals surface area contributed by atoms with Gasteiger partial charge in [0.1, 0.15) is 5.82 Å². The van der Waals surface area contributed by atoms with Gasteiger partial charge in [-0.25, -0.2) is 9.37 Å². The SMILES string of the molecule is COc1cc2c(cc1OC)CN(C(=O)C1CCN(c3nc4ccc(F)cc4s3)CC1)CC2. The monoisotopic (exact) mass is 455 g/mol. The van der Waals surface area contributed by atoms with E-state index in [9.17, 15) is 9.18 Å². The molecule has 6 nitrogen and oxygen atoms in total. The third-order valence-corrected chi connectivity index (χ3v) is 7.56. The van der Waals surface area contributed by atoms with Crippen molar-refractivity contribution in [2.24, 2.45) is 5.92 Å². The Kier molecular flexibility index (Phi) is 5.63. The number of thiazole rings is 1. The Bertz CT molecular complexity index is 1160. The molecule has 8 heteroatoms. The van der Waals surface area contributed by atoms with Crippen LogP contribution in [-0.4, -0.2) is 49.6 Å². The molecule has 2 aliphatic rings. The highest BCUT2D eigenvalue weighted by molar-refractivity contribution is 7.22. The number of hydrogen-bond acceptors (Lipinski definition) is 6. The van der Waals surface area contributed by atoms with Gasteiger partial charge in [-0.15, -0.1) is 0 Å². The summed E-state index contributed by atoms with van der Waals surface area (Å²) in [6.45, 7) is 2.91. The molecule has 0 atom stereocenters. The van der Waals surface area contributed by atoms with Crippen molar-refractivity contribution in [2.45, 2.75) is 25.8 Å². The Morgan fingerprint density at radius 2 is 1.78 bits per heavy atom. The summed E-state index contributed by atoms with van der Waals surface area (Å²) in [6, 6.07) is 8.72. The predicted octanol–water partition coefficient (Wildman–Crippen LogP) is 4.25. The number of halogens is 1. The zero-order chi connectivity index (χ0) is 22.2. The number of carbonyl (C=O) groups is 1. The molecule has 2 aliphatic heterocycles. The number of fused-ring (bicyclic) bond motifs is 2. The summed E-state index contributed by atoms with van der Waals surface area (Å²) in [5.74, 6) is 1.45. The lowest BCUT2D eigenvalue weighted by Gasteiger charge is -2.36. The maximum absolute atomic E-state index is 13.5. The molecule has 2 aromatic carbocycles. The molecule has 0 N–H and O–H groups in total. The Balaban J connectivity index is 1.23. The fourth-order valence-corrected chi connectivity index (χ4v) is 5.71. The first-order valence-electron chi connectivity index (χ1n) is 10.9. The zero-order valence-corrected chi connectivity index (χ0v) is 19.1. The van der Waals surface area contributed by atoms with E-state index in [0.29, 0.717) is 12.3 Å². The number of hydrogen-bond donors (Lipinski definition) is 0. The van der Waals surface area contributed by atoms with Gasteiger partial charge in [0, 0.05) is 32.1 Å². The molecular weight excluding hydrogens is 429 g/mol. The van der Waals surface area contributed by atoms with Crippen LogP contribution in [0.15, 0.2) is 30.3 Å². The highest BCUT2D eigenvalue weighted by Gasteiger charge is 2.31. The van der Waals surface area contributed by atoms with Crippen LogP contribution >= 0.6 is 11.3 Å². The number of benzene rings is 2. The number of ether oxygens (including phenoxy) is 2. The van der Waals surface area contributed by atoms with Crippen molar-refractivity contribution in [3.05, 3.63) is 47.3 Å². The van der Waals surface area contributed by atoms with Crippen LogP contribution in [0.25, 0.3) is 10.2 Å². The van der Waals surface area contributed by atoms with Crippen molar-refractivity contribution in [2.75, 3.05) is 38.8 Å². The Morgan fingerprint density at radius 3 is 2.50 bits per heavy atom. The van der Waals surface area contributed by atoms with Crippen LogP contribution < -0.4 is 14.4 Å². The molecule has 0 radical (unpaired) electrons. The smallest absolute Gasteiger partial charge is 0.226 e. The fourth-order valence-electron chi connectivity index (χ4n) is 4.67. The van der Waals surface area contributed by atoms with Gasteiger partial charge >= 0.3 is 0 Å². The largest absolute Gasteiger partial charge is 0.493 e. The Labute approximate surface area is 190 Å². The van der Waals surface area contributed by atoms with E-state index in [4.69, 9.17) is 9.47 Å². The van der Waals surface area contributed by atoms with Crippen LogP contribution in [0.3, 0.4) is 0 Å². The minimum absolute atomic E-state index is 0.0276. The molecule has 1 aromatic heterocycles. The summed E-state index contributed by atoms with van der Waals surface area (Å²) < 4.78 is 25.2. The van der Waals surface area contributed by atoms with Crippen LogP contribution in [0.2, 0.25) is 0 Å². The van der Waals surface area contributed by atoms with Crippen molar-refractivity contribution in [3.8, 4) is 11.5 Å². The number of piperidine rings is 1. The second kappa shape index (κ2) is 8.58. The van der Waals surface area contributed by atoms with E-state index in [0.717, 1.165) is 65.6 Å². The third kappa shape index (κ3) is 3.88. The molecule has 1 amide bonds. The lowest BCUT2D eigenvalue weighted by Crippen LogP contribution is -2.44. The van der Waals surface area contributed by atoms with Gasteiger partial charge < -0.3 is 19.3 Å². The predicted molar refractivity (Wildman–Crippen MR) is 123 cm³/mol. The summed E-state index contributed by atoms with van der Waals surface area (Å²) in [5.41, 5.74) is 3.17. The molecule has 32 heavy (non-hydrogen) atoms. The van der Waals surface area contributed by atoms with Crippen molar-refractivity contribution in [1.29, 1.82) is 0 Å². The van der Waals surface area contributed by atoms with Crippen molar-refractivity contribution < 1.29 is 18.7 Å². The molecule has 168 valence electrons. The lowest BCUT2D eigenvalue weighted by atomic mass is 9.93. The first kappa shape index (κ1) is 21.0. The number of aromatic nitrogens is 1. The number of rotatable bonds is 4. The first-order valence-corrected chi connectivity index (χ1v) is 11.7. The summed E-state index contributed by atoms with van der Waals surface area (Å²) in [6.07, 6.45) is 2.43. The van der Waals surface area contributed by atoms with Crippen LogP contribution in [0.1, 0.15) is 24.0 Å². The number of anilines is 1. The molecule has 3 aromatic rings. The Morgan fingerprint density at radius 1 is 1.06 bits per heavy atom. The standard InChI is InChI=1S/C24H26FN3O3S/c1-30-20-11-16-7-10-28(14-17(16)12-21(20)31-2)23(29)15-5-8-27(9-6-15)24-26-19-4-3-18(25)13-22(19)32-24/h3-4,11-13,15H,5-10,14H2,1-2H3. The number of methoxy groups -OCH3 is 2. The van der Waals surface area contributed by atoms with Crippen molar-refractivity contribution in [1.82, 2.24) is 9.88 Å². The average Bonchev–Trinajstić information content (AvgIpc) is 3.25. The third-order valence-electron chi connectivity index (χ3n) is 6.48. The van der Waals surface area contributed by atoms with Gasteiger partial charge in [-0.05, 0) is 60.7 Å². The molecule has 1 saturated heterocycles. The lowest BCUT2D eigenvalue weighted by molar-refractivity contribution is -0.137. The van der Waals surface area contributed by atoms with Crippen LogP contribution in [-0.2, 0) is 17.8 Å². The normalized spacial score (nSPS) is 16.8. The van der Waals surface area contributed by atoms with Crippen LogP contribution in [0.4, 0.5) is 9.52 Å². The quantitative estimate of drug-likeness (QED) is 0.589. The summed E-state index contributed by atoms with van der Waals surface area (Å²) in [7, 11) is 3.27. The second-order valence-corrected chi connectivity index (χ2v) is 9.36. The fraction of sp³-hybridized carbons (Fsp3) is 0.417. The number of amides is 1.